The lowest BCUT2D eigenvalue weighted by atomic mass is 10.2. The number of hydrogen-bond donors (Lipinski definition) is 1. The molecule has 0 aromatic heterocycles. The molecule has 1 rings (SSSR count). The third kappa shape index (κ3) is 1.92. The van der Waals surface area contributed by atoms with E-state index < -0.39 is 37.0 Å². The number of nitro groups is 2. The van der Waals surface area contributed by atoms with Crippen LogP contribution in [-0.2, 0) is 0 Å². The van der Waals surface area contributed by atoms with E-state index in [4.69, 9.17) is 23.2 Å². The normalized spacial score (nSPS) is 10.0. The van der Waals surface area contributed by atoms with E-state index in [0.29, 0.717) is 0 Å². The molecule has 0 unspecified atom stereocenters. The molecule has 15 heavy (non-hydrogen) atoms. The predicted molar refractivity (Wildman–Crippen MR) is 51.4 cm³/mol. The smallest absolute Gasteiger partial charge is 0.337 e. The Balaban J connectivity index is 3.63. The molecular formula is C6H2Cl2N2O5. The van der Waals surface area contributed by atoms with Gasteiger partial charge in [-0.15, -0.1) is 0 Å². The van der Waals surface area contributed by atoms with Crippen LogP contribution in [0.2, 0.25) is 10.0 Å². The molecule has 0 radical (unpaired) electrons. The van der Waals surface area contributed by atoms with Gasteiger partial charge in [-0.3, -0.25) is 20.2 Å². The summed E-state index contributed by atoms with van der Waals surface area (Å²) in [6, 6.07) is 0.742. The topological polar surface area (TPSA) is 107 Å². The standard InChI is InChI=1S/C6H2Cl2N2O5/c7-2-1-3(9(12)13)4(8)5(6(2)11)10(14)15/h1,11H. The molecule has 0 atom stereocenters. The highest BCUT2D eigenvalue weighted by Gasteiger charge is 2.30. The Morgan fingerprint density at radius 1 is 1.20 bits per heavy atom. The van der Waals surface area contributed by atoms with Gasteiger partial charge in [0.2, 0.25) is 5.75 Å². The zero-order chi connectivity index (χ0) is 11.7. The van der Waals surface area contributed by atoms with Crippen LogP contribution in [0.4, 0.5) is 11.4 Å². The monoisotopic (exact) mass is 252 g/mol. The van der Waals surface area contributed by atoms with Crippen molar-refractivity contribution in [2.24, 2.45) is 0 Å². The van der Waals surface area contributed by atoms with Gasteiger partial charge >= 0.3 is 5.69 Å². The predicted octanol–water partition coefficient (Wildman–Crippen LogP) is 2.52. The summed E-state index contributed by atoms with van der Waals surface area (Å²) in [6.07, 6.45) is 0. The Kier molecular flexibility index (Phi) is 2.96. The second kappa shape index (κ2) is 3.87. The third-order valence-electron chi connectivity index (χ3n) is 1.53. The number of aromatic hydroxyl groups is 1. The highest BCUT2D eigenvalue weighted by atomic mass is 35.5. The van der Waals surface area contributed by atoms with E-state index in [1.54, 1.807) is 0 Å². The van der Waals surface area contributed by atoms with Crippen molar-refractivity contribution in [1.82, 2.24) is 0 Å². The van der Waals surface area contributed by atoms with Crippen molar-refractivity contribution >= 4 is 34.6 Å². The zero-order valence-electron chi connectivity index (χ0n) is 6.81. The van der Waals surface area contributed by atoms with E-state index in [0.717, 1.165) is 6.07 Å². The summed E-state index contributed by atoms with van der Waals surface area (Å²) in [6.45, 7) is 0. The van der Waals surface area contributed by atoms with E-state index in [1.165, 1.54) is 0 Å². The molecule has 1 aromatic carbocycles. The Hall–Kier alpha value is -1.60. The summed E-state index contributed by atoms with van der Waals surface area (Å²) in [5.74, 6) is -0.891. The number of nitrogens with zero attached hydrogens (tertiary/aromatic N) is 2. The van der Waals surface area contributed by atoms with E-state index in [-0.39, 0.29) is 0 Å². The number of phenolic OH excluding ortho intramolecular Hbond substituents is 1. The van der Waals surface area contributed by atoms with Gasteiger partial charge in [0.05, 0.1) is 14.9 Å². The van der Waals surface area contributed by atoms with Gasteiger partial charge < -0.3 is 5.11 Å². The number of rotatable bonds is 2. The van der Waals surface area contributed by atoms with Crippen LogP contribution in [0, 0.1) is 20.2 Å². The first-order chi connectivity index (χ1) is 6.86. The average Bonchev–Trinajstić information content (AvgIpc) is 2.10. The van der Waals surface area contributed by atoms with Crippen molar-refractivity contribution in [2.45, 2.75) is 0 Å². The Labute approximate surface area is 92.1 Å². The van der Waals surface area contributed by atoms with Crippen LogP contribution in [0.5, 0.6) is 5.75 Å². The maximum absolute atomic E-state index is 10.4. The molecule has 0 aliphatic rings. The van der Waals surface area contributed by atoms with Crippen LogP contribution in [0.3, 0.4) is 0 Å². The Morgan fingerprint density at radius 3 is 2.13 bits per heavy atom. The Morgan fingerprint density at radius 2 is 1.73 bits per heavy atom. The highest BCUT2D eigenvalue weighted by Crippen LogP contribution is 2.44. The van der Waals surface area contributed by atoms with Crippen molar-refractivity contribution in [3.8, 4) is 5.75 Å². The lowest BCUT2D eigenvalue weighted by molar-refractivity contribution is -0.394. The van der Waals surface area contributed by atoms with E-state index in [9.17, 15) is 25.3 Å². The maximum atomic E-state index is 10.4. The summed E-state index contributed by atoms with van der Waals surface area (Å²) < 4.78 is 0. The molecule has 0 heterocycles. The van der Waals surface area contributed by atoms with Gasteiger partial charge in [0.1, 0.15) is 0 Å². The molecule has 9 heteroatoms. The fourth-order valence-corrected chi connectivity index (χ4v) is 1.36. The lowest BCUT2D eigenvalue weighted by Gasteiger charge is -2.01. The van der Waals surface area contributed by atoms with Crippen LogP contribution in [-0.4, -0.2) is 15.0 Å². The summed E-state index contributed by atoms with van der Waals surface area (Å²) in [7, 11) is 0. The van der Waals surface area contributed by atoms with Crippen molar-refractivity contribution in [3.05, 3.63) is 36.3 Å². The number of halogens is 2. The molecule has 80 valence electrons. The fraction of sp³-hybridized carbons (Fsp3) is 0. The van der Waals surface area contributed by atoms with Gasteiger partial charge in [0.15, 0.2) is 5.02 Å². The Bertz CT molecular complexity index is 461. The summed E-state index contributed by atoms with van der Waals surface area (Å²) in [5.41, 5.74) is -1.71. The van der Waals surface area contributed by atoms with E-state index in [1.807, 2.05) is 0 Å². The van der Waals surface area contributed by atoms with Gasteiger partial charge in [-0.05, 0) is 0 Å². The second-order valence-corrected chi connectivity index (χ2v) is 3.19. The van der Waals surface area contributed by atoms with Crippen molar-refractivity contribution in [3.63, 3.8) is 0 Å². The molecule has 0 saturated carbocycles. The number of nitro benzene ring substituents is 2. The van der Waals surface area contributed by atoms with Gasteiger partial charge in [-0.25, -0.2) is 0 Å². The van der Waals surface area contributed by atoms with Crippen LogP contribution in [0.25, 0.3) is 0 Å². The quantitative estimate of drug-likeness (QED) is 0.643. The van der Waals surface area contributed by atoms with Crippen LogP contribution < -0.4 is 0 Å². The number of benzene rings is 1. The minimum atomic E-state index is -1.05. The van der Waals surface area contributed by atoms with Crippen LogP contribution in [0.1, 0.15) is 0 Å². The fourth-order valence-electron chi connectivity index (χ4n) is 0.890. The largest absolute Gasteiger partial charge is 0.501 e. The lowest BCUT2D eigenvalue weighted by Crippen LogP contribution is -1.95. The first kappa shape index (κ1) is 11.5. The van der Waals surface area contributed by atoms with Gasteiger partial charge in [-0.1, -0.05) is 23.2 Å². The van der Waals surface area contributed by atoms with Crippen molar-refractivity contribution in [1.29, 1.82) is 0 Å². The average molecular weight is 253 g/mol. The van der Waals surface area contributed by atoms with E-state index >= 15 is 0 Å². The molecule has 0 aliphatic heterocycles. The molecule has 0 amide bonds. The molecule has 0 saturated heterocycles. The highest BCUT2D eigenvalue weighted by molar-refractivity contribution is 6.38. The SMILES string of the molecule is O=[N+]([O-])c1cc(Cl)c(O)c([N+](=O)[O-])c1Cl. The minimum Gasteiger partial charge on any atom is -0.501 e. The van der Waals surface area contributed by atoms with E-state index in [2.05, 4.69) is 0 Å². The molecule has 0 aliphatic carbocycles. The molecule has 0 fully saturated rings. The first-order valence-corrected chi connectivity index (χ1v) is 4.11. The van der Waals surface area contributed by atoms with Crippen LogP contribution >= 0.6 is 23.2 Å². The van der Waals surface area contributed by atoms with Crippen molar-refractivity contribution in [2.75, 3.05) is 0 Å². The number of hydrogen-bond acceptors (Lipinski definition) is 5. The van der Waals surface area contributed by atoms with Gasteiger partial charge in [0, 0.05) is 6.07 Å². The molecular weight excluding hydrogens is 251 g/mol. The second-order valence-electron chi connectivity index (χ2n) is 2.40. The molecule has 0 spiro atoms. The molecule has 1 N–H and O–H groups in total. The zero-order valence-corrected chi connectivity index (χ0v) is 8.32. The van der Waals surface area contributed by atoms with Crippen LogP contribution in [0.15, 0.2) is 6.07 Å². The molecule has 0 bridgehead atoms. The maximum Gasteiger partial charge on any atom is 0.337 e. The summed E-state index contributed by atoms with van der Waals surface area (Å²) in [4.78, 5) is 18.9. The molecule has 7 nitrogen and oxygen atoms in total. The number of phenols is 1. The first-order valence-electron chi connectivity index (χ1n) is 3.36. The third-order valence-corrected chi connectivity index (χ3v) is 2.19. The minimum absolute atomic E-state index is 0.502. The van der Waals surface area contributed by atoms with Crippen molar-refractivity contribution < 1.29 is 15.0 Å². The molecule has 1 aromatic rings. The summed E-state index contributed by atoms with van der Waals surface area (Å²) >= 11 is 10.7. The van der Waals surface area contributed by atoms with Gasteiger partial charge in [0.25, 0.3) is 5.69 Å². The van der Waals surface area contributed by atoms with Gasteiger partial charge in [-0.2, -0.15) is 0 Å². The summed E-state index contributed by atoms with van der Waals surface area (Å²) in [5, 5.41) is 28.8.